The van der Waals surface area contributed by atoms with Crippen LogP contribution in [0.2, 0.25) is 0 Å². The van der Waals surface area contributed by atoms with Crippen LogP contribution in [0, 0.1) is 17.2 Å². The number of anilines is 2. The lowest BCUT2D eigenvalue weighted by molar-refractivity contribution is 0.678. The van der Waals surface area contributed by atoms with Gasteiger partial charge in [0.05, 0.1) is 24.4 Å². The van der Waals surface area contributed by atoms with Gasteiger partial charge < -0.3 is 10.2 Å². The molecule has 5 heteroatoms. The van der Waals surface area contributed by atoms with Crippen LogP contribution in [-0.2, 0) is 0 Å². The van der Waals surface area contributed by atoms with Crippen molar-refractivity contribution in [3.63, 3.8) is 0 Å². The van der Waals surface area contributed by atoms with Gasteiger partial charge in [-0.25, -0.2) is 4.98 Å². The summed E-state index contributed by atoms with van der Waals surface area (Å²) >= 11 is 0. The SMILES string of the molecule is CCCNc1cncc(N(CC)CC(C)C#N)n1. The van der Waals surface area contributed by atoms with Gasteiger partial charge >= 0.3 is 0 Å². The molecule has 1 rings (SSSR count). The summed E-state index contributed by atoms with van der Waals surface area (Å²) in [6.45, 7) is 8.46. The van der Waals surface area contributed by atoms with Crippen molar-refractivity contribution < 1.29 is 0 Å². The van der Waals surface area contributed by atoms with Crippen molar-refractivity contribution in [1.29, 1.82) is 5.26 Å². The van der Waals surface area contributed by atoms with Gasteiger partial charge in [-0.15, -0.1) is 0 Å². The van der Waals surface area contributed by atoms with Crippen LogP contribution < -0.4 is 10.2 Å². The molecule has 0 aliphatic heterocycles. The monoisotopic (exact) mass is 247 g/mol. The number of nitriles is 1. The Hall–Kier alpha value is -1.83. The second kappa shape index (κ2) is 7.49. The maximum atomic E-state index is 8.87. The minimum absolute atomic E-state index is 0.0148. The quantitative estimate of drug-likeness (QED) is 0.800. The van der Waals surface area contributed by atoms with E-state index in [1.807, 2.05) is 6.92 Å². The second-order valence-corrected chi connectivity index (χ2v) is 4.26. The van der Waals surface area contributed by atoms with Crippen LogP contribution in [-0.4, -0.2) is 29.6 Å². The Morgan fingerprint density at radius 3 is 2.83 bits per heavy atom. The predicted molar refractivity (Wildman–Crippen MR) is 73.5 cm³/mol. The molecule has 1 atom stereocenters. The fourth-order valence-electron chi connectivity index (χ4n) is 1.60. The van der Waals surface area contributed by atoms with Crippen LogP contribution in [0.5, 0.6) is 0 Å². The van der Waals surface area contributed by atoms with E-state index in [4.69, 9.17) is 5.26 Å². The number of aromatic nitrogens is 2. The fourth-order valence-corrected chi connectivity index (χ4v) is 1.60. The van der Waals surface area contributed by atoms with E-state index in [0.29, 0.717) is 6.54 Å². The highest BCUT2D eigenvalue weighted by Gasteiger charge is 2.11. The maximum absolute atomic E-state index is 8.87. The molecule has 0 saturated heterocycles. The van der Waals surface area contributed by atoms with Crippen LogP contribution in [0.4, 0.5) is 11.6 Å². The third-order valence-corrected chi connectivity index (χ3v) is 2.60. The number of hydrogen-bond acceptors (Lipinski definition) is 5. The van der Waals surface area contributed by atoms with Crippen molar-refractivity contribution in [2.75, 3.05) is 29.9 Å². The molecule has 5 nitrogen and oxygen atoms in total. The molecule has 1 aromatic heterocycles. The molecule has 0 aromatic carbocycles. The van der Waals surface area contributed by atoms with Gasteiger partial charge in [0.15, 0.2) is 0 Å². The summed E-state index contributed by atoms with van der Waals surface area (Å²) < 4.78 is 0. The van der Waals surface area contributed by atoms with Crippen LogP contribution >= 0.6 is 0 Å². The molecule has 0 aliphatic carbocycles. The smallest absolute Gasteiger partial charge is 0.149 e. The molecule has 1 heterocycles. The van der Waals surface area contributed by atoms with Gasteiger partial charge in [-0.1, -0.05) is 6.92 Å². The van der Waals surface area contributed by atoms with Crippen molar-refractivity contribution in [1.82, 2.24) is 9.97 Å². The Morgan fingerprint density at radius 2 is 2.22 bits per heavy atom. The average molecular weight is 247 g/mol. The topological polar surface area (TPSA) is 64.8 Å². The van der Waals surface area contributed by atoms with Gasteiger partial charge in [-0.05, 0) is 20.3 Å². The lowest BCUT2D eigenvalue weighted by Crippen LogP contribution is -2.28. The van der Waals surface area contributed by atoms with Gasteiger partial charge in [0, 0.05) is 19.6 Å². The van der Waals surface area contributed by atoms with Crippen molar-refractivity contribution in [2.45, 2.75) is 27.2 Å². The molecule has 0 bridgehead atoms. The minimum atomic E-state index is -0.0148. The molecular formula is C13H21N5. The van der Waals surface area contributed by atoms with Gasteiger partial charge in [0.1, 0.15) is 11.6 Å². The first kappa shape index (κ1) is 14.2. The van der Waals surface area contributed by atoms with Crippen LogP contribution in [0.1, 0.15) is 27.2 Å². The molecule has 1 aromatic rings. The van der Waals surface area contributed by atoms with E-state index in [2.05, 4.69) is 40.1 Å². The number of nitrogens with zero attached hydrogens (tertiary/aromatic N) is 4. The molecule has 0 radical (unpaired) electrons. The lowest BCUT2D eigenvalue weighted by atomic mass is 10.2. The number of rotatable bonds is 7. The van der Waals surface area contributed by atoms with Crippen molar-refractivity contribution in [3.05, 3.63) is 12.4 Å². The Labute approximate surface area is 109 Å². The van der Waals surface area contributed by atoms with Crippen LogP contribution in [0.15, 0.2) is 12.4 Å². The van der Waals surface area contributed by atoms with Gasteiger partial charge in [-0.2, -0.15) is 5.26 Å². The molecule has 1 unspecified atom stereocenters. The number of hydrogen-bond donors (Lipinski definition) is 1. The van der Waals surface area contributed by atoms with Gasteiger partial charge in [-0.3, -0.25) is 4.98 Å². The Bertz CT molecular complexity index is 399. The zero-order valence-electron chi connectivity index (χ0n) is 11.3. The summed E-state index contributed by atoms with van der Waals surface area (Å²) in [5.41, 5.74) is 0. The van der Waals surface area contributed by atoms with Crippen LogP contribution in [0.25, 0.3) is 0 Å². The second-order valence-electron chi connectivity index (χ2n) is 4.26. The average Bonchev–Trinajstić information content (AvgIpc) is 2.42. The molecule has 98 valence electrons. The molecule has 0 amide bonds. The Morgan fingerprint density at radius 1 is 1.44 bits per heavy atom. The van der Waals surface area contributed by atoms with Gasteiger partial charge in [0.25, 0.3) is 0 Å². The van der Waals surface area contributed by atoms with E-state index >= 15 is 0 Å². The van der Waals surface area contributed by atoms with E-state index in [-0.39, 0.29) is 5.92 Å². The van der Waals surface area contributed by atoms with Crippen LogP contribution in [0.3, 0.4) is 0 Å². The summed E-state index contributed by atoms with van der Waals surface area (Å²) in [5, 5.41) is 12.1. The minimum Gasteiger partial charge on any atom is -0.369 e. The van der Waals surface area contributed by atoms with Crippen molar-refractivity contribution in [2.24, 2.45) is 5.92 Å². The third kappa shape index (κ3) is 4.21. The van der Waals surface area contributed by atoms with E-state index in [0.717, 1.165) is 31.1 Å². The van der Waals surface area contributed by atoms with Gasteiger partial charge in [0.2, 0.25) is 0 Å². The standard InChI is InChI=1S/C13H21N5/c1-4-6-16-12-8-15-9-13(17-12)18(5-2)10-11(3)7-14/h8-9,11H,4-6,10H2,1-3H3,(H,16,17). The van der Waals surface area contributed by atoms with E-state index in [9.17, 15) is 0 Å². The molecule has 1 N–H and O–H groups in total. The van der Waals surface area contributed by atoms with Crippen molar-refractivity contribution in [3.8, 4) is 6.07 Å². The fraction of sp³-hybridized carbons (Fsp3) is 0.615. The van der Waals surface area contributed by atoms with E-state index in [1.165, 1.54) is 0 Å². The largest absolute Gasteiger partial charge is 0.369 e. The van der Waals surface area contributed by atoms with E-state index in [1.54, 1.807) is 12.4 Å². The van der Waals surface area contributed by atoms with Crippen molar-refractivity contribution >= 4 is 11.6 Å². The summed E-state index contributed by atoms with van der Waals surface area (Å²) in [6, 6.07) is 2.24. The normalized spacial score (nSPS) is 11.7. The molecular weight excluding hydrogens is 226 g/mol. The molecule has 0 aliphatic rings. The molecule has 0 fully saturated rings. The Kier molecular flexibility index (Phi) is 5.92. The maximum Gasteiger partial charge on any atom is 0.149 e. The zero-order chi connectivity index (χ0) is 13.4. The summed E-state index contributed by atoms with van der Waals surface area (Å²) in [4.78, 5) is 10.8. The lowest BCUT2D eigenvalue weighted by Gasteiger charge is -2.23. The molecule has 0 spiro atoms. The highest BCUT2D eigenvalue weighted by Crippen LogP contribution is 2.13. The predicted octanol–water partition coefficient (Wildman–Crippen LogP) is 2.28. The first-order valence-electron chi connectivity index (χ1n) is 6.41. The van der Waals surface area contributed by atoms with E-state index < -0.39 is 0 Å². The first-order valence-corrected chi connectivity index (χ1v) is 6.41. The third-order valence-electron chi connectivity index (χ3n) is 2.60. The first-order chi connectivity index (χ1) is 8.71. The molecule has 0 saturated carbocycles. The zero-order valence-corrected chi connectivity index (χ0v) is 11.3. The number of nitrogens with one attached hydrogen (secondary N) is 1. The summed E-state index contributed by atoms with van der Waals surface area (Å²) in [6.07, 6.45) is 4.51. The highest BCUT2D eigenvalue weighted by atomic mass is 15.2. The summed E-state index contributed by atoms with van der Waals surface area (Å²) in [7, 11) is 0. The summed E-state index contributed by atoms with van der Waals surface area (Å²) in [5.74, 6) is 1.59. The highest BCUT2D eigenvalue weighted by molar-refractivity contribution is 5.43. The Balaban J connectivity index is 2.76. The molecule has 18 heavy (non-hydrogen) atoms.